The first-order chi connectivity index (χ1) is 12.2. The van der Waals surface area contributed by atoms with Crippen LogP contribution in [-0.2, 0) is 11.2 Å². The minimum Gasteiger partial charge on any atom is -0.483 e. The third-order valence-electron chi connectivity index (χ3n) is 3.89. The average Bonchev–Trinajstić information content (AvgIpc) is 3.23. The predicted octanol–water partition coefficient (Wildman–Crippen LogP) is 4.98. The van der Waals surface area contributed by atoms with Crippen molar-refractivity contribution in [3.63, 3.8) is 0 Å². The van der Waals surface area contributed by atoms with Crippen molar-refractivity contribution >= 4 is 44.5 Å². The summed E-state index contributed by atoms with van der Waals surface area (Å²) in [7, 11) is 0. The van der Waals surface area contributed by atoms with Gasteiger partial charge in [-0.25, -0.2) is 9.97 Å². The third kappa shape index (κ3) is 3.67. The minimum atomic E-state index is 0.411. The predicted molar refractivity (Wildman–Crippen MR) is 106 cm³/mol. The zero-order valence-electron chi connectivity index (χ0n) is 14.4. The van der Waals surface area contributed by atoms with Gasteiger partial charge in [0.1, 0.15) is 15.5 Å². The van der Waals surface area contributed by atoms with Crippen LogP contribution in [0, 0.1) is 0 Å². The highest BCUT2D eigenvalue weighted by Gasteiger charge is 2.21. The Hall–Kier alpha value is -1.99. The number of nitrogen functional groups attached to an aromatic ring is 1. The molecule has 3 heterocycles. The number of anilines is 1. The Morgan fingerprint density at radius 2 is 2.16 bits per heavy atom. The molecule has 0 radical (unpaired) electrons. The standard InChI is InChI=1S/C18H21N3O2S2/c1-3-5-6-7-12-20-15(11-8-9-22-10-11)13-14(19)16(18(24)23-4-2)25-17(13)21-12/h8-10H,3-7,19H2,1-2H3. The van der Waals surface area contributed by atoms with E-state index in [1.165, 1.54) is 11.3 Å². The maximum Gasteiger partial charge on any atom is 0.203 e. The zero-order valence-corrected chi connectivity index (χ0v) is 16.0. The number of rotatable bonds is 7. The van der Waals surface area contributed by atoms with Crippen molar-refractivity contribution in [1.29, 1.82) is 0 Å². The van der Waals surface area contributed by atoms with E-state index in [0.29, 0.717) is 17.3 Å². The van der Waals surface area contributed by atoms with Crippen molar-refractivity contribution < 1.29 is 9.15 Å². The summed E-state index contributed by atoms with van der Waals surface area (Å²) < 4.78 is 10.7. The van der Waals surface area contributed by atoms with Crippen molar-refractivity contribution in [1.82, 2.24) is 9.97 Å². The molecule has 0 atom stereocenters. The van der Waals surface area contributed by atoms with Crippen molar-refractivity contribution in [3.8, 4) is 11.3 Å². The van der Waals surface area contributed by atoms with Crippen molar-refractivity contribution in [3.05, 3.63) is 29.3 Å². The molecule has 0 aliphatic carbocycles. The molecule has 0 saturated carbocycles. The van der Waals surface area contributed by atoms with E-state index < -0.39 is 0 Å². The molecule has 2 N–H and O–H groups in total. The quantitative estimate of drug-likeness (QED) is 0.464. The number of aryl methyl sites for hydroxylation is 1. The third-order valence-corrected chi connectivity index (χ3v) is 5.44. The summed E-state index contributed by atoms with van der Waals surface area (Å²) in [6.07, 6.45) is 7.55. The first-order valence-electron chi connectivity index (χ1n) is 8.44. The number of ether oxygens (including phenoxy) is 1. The maximum atomic E-state index is 6.38. The van der Waals surface area contributed by atoms with Crippen LogP contribution >= 0.6 is 23.6 Å². The number of thiocarbonyl (C=S) groups is 1. The van der Waals surface area contributed by atoms with E-state index in [9.17, 15) is 0 Å². The summed E-state index contributed by atoms with van der Waals surface area (Å²) in [5.74, 6) is 0.826. The van der Waals surface area contributed by atoms with E-state index in [2.05, 4.69) is 6.92 Å². The minimum absolute atomic E-state index is 0.411. The highest BCUT2D eigenvalue weighted by Crippen LogP contribution is 2.39. The second kappa shape index (κ2) is 7.93. The van der Waals surface area contributed by atoms with Crippen molar-refractivity contribution in [2.45, 2.75) is 39.5 Å². The largest absolute Gasteiger partial charge is 0.483 e. The molecule has 0 aliphatic rings. The molecule has 0 bridgehead atoms. The van der Waals surface area contributed by atoms with Crippen molar-refractivity contribution in [2.75, 3.05) is 12.3 Å². The molecule has 25 heavy (non-hydrogen) atoms. The van der Waals surface area contributed by atoms with Gasteiger partial charge in [0.15, 0.2) is 0 Å². The summed E-state index contributed by atoms with van der Waals surface area (Å²) in [5, 5.41) is 1.23. The van der Waals surface area contributed by atoms with Gasteiger partial charge < -0.3 is 14.9 Å². The van der Waals surface area contributed by atoms with E-state index in [-0.39, 0.29) is 0 Å². The van der Waals surface area contributed by atoms with Gasteiger partial charge in [-0.05, 0) is 31.6 Å². The zero-order chi connectivity index (χ0) is 17.8. The fourth-order valence-electron chi connectivity index (χ4n) is 2.67. The van der Waals surface area contributed by atoms with Crippen LogP contribution in [-0.4, -0.2) is 21.6 Å². The summed E-state index contributed by atoms with van der Waals surface area (Å²) in [6, 6.07) is 1.88. The van der Waals surface area contributed by atoms with E-state index in [1.54, 1.807) is 12.5 Å². The smallest absolute Gasteiger partial charge is 0.203 e. The molecule has 0 amide bonds. The van der Waals surface area contributed by atoms with Gasteiger partial charge in [-0.1, -0.05) is 19.8 Å². The second-order valence-corrected chi connectivity index (χ2v) is 7.07. The highest BCUT2D eigenvalue weighted by molar-refractivity contribution is 7.81. The molecule has 0 aliphatic heterocycles. The number of fused-ring (bicyclic) bond motifs is 1. The lowest BCUT2D eigenvalue weighted by molar-refractivity contribution is 0.338. The molecule has 0 fully saturated rings. The molecule has 0 saturated heterocycles. The van der Waals surface area contributed by atoms with Gasteiger partial charge in [-0.2, -0.15) is 0 Å². The summed E-state index contributed by atoms with van der Waals surface area (Å²) in [5.41, 5.74) is 8.65. The van der Waals surface area contributed by atoms with Crippen LogP contribution in [0.2, 0.25) is 0 Å². The molecule has 5 nitrogen and oxygen atoms in total. The van der Waals surface area contributed by atoms with Gasteiger partial charge >= 0.3 is 0 Å². The highest BCUT2D eigenvalue weighted by atomic mass is 32.1. The Morgan fingerprint density at radius 1 is 1.32 bits per heavy atom. The van der Waals surface area contributed by atoms with Crippen LogP contribution in [0.25, 0.3) is 21.5 Å². The molecule has 0 aromatic carbocycles. The fraction of sp³-hybridized carbons (Fsp3) is 0.389. The Balaban J connectivity index is 2.13. The molecule has 7 heteroatoms. The lowest BCUT2D eigenvalue weighted by Gasteiger charge is -2.06. The van der Waals surface area contributed by atoms with E-state index >= 15 is 0 Å². The summed E-state index contributed by atoms with van der Waals surface area (Å²) >= 11 is 6.82. The van der Waals surface area contributed by atoms with Crippen LogP contribution in [0.4, 0.5) is 5.69 Å². The molecule has 3 aromatic rings. The van der Waals surface area contributed by atoms with E-state index in [0.717, 1.165) is 57.9 Å². The first kappa shape index (κ1) is 17.8. The van der Waals surface area contributed by atoms with Crippen LogP contribution in [0.1, 0.15) is 43.8 Å². The van der Waals surface area contributed by atoms with Crippen LogP contribution in [0.5, 0.6) is 0 Å². The molecule has 3 aromatic heterocycles. The first-order valence-corrected chi connectivity index (χ1v) is 9.66. The Labute approximate surface area is 156 Å². The van der Waals surface area contributed by atoms with Gasteiger partial charge in [0.2, 0.25) is 5.05 Å². The van der Waals surface area contributed by atoms with Gasteiger partial charge in [0.25, 0.3) is 0 Å². The number of nitrogens with zero attached hydrogens (tertiary/aromatic N) is 2. The Bertz CT molecular complexity index is 872. The molecular formula is C18H21N3O2S2. The number of hydrogen-bond donors (Lipinski definition) is 1. The number of thiophene rings is 1. The number of nitrogens with two attached hydrogens (primary N) is 1. The summed E-state index contributed by atoms with van der Waals surface area (Å²) in [6.45, 7) is 4.59. The normalized spacial score (nSPS) is 11.1. The van der Waals surface area contributed by atoms with Gasteiger partial charge in [-0.15, -0.1) is 11.3 Å². The van der Waals surface area contributed by atoms with E-state index in [4.69, 9.17) is 37.1 Å². The molecular weight excluding hydrogens is 354 g/mol. The number of furan rings is 1. The number of hydrogen-bond acceptors (Lipinski definition) is 7. The SMILES string of the molecule is CCCCCc1nc(-c2ccoc2)c2c(N)c(C(=S)OCC)sc2n1. The van der Waals surface area contributed by atoms with Crippen LogP contribution in [0.3, 0.4) is 0 Å². The lowest BCUT2D eigenvalue weighted by atomic mass is 10.1. The lowest BCUT2D eigenvalue weighted by Crippen LogP contribution is -2.03. The average molecular weight is 376 g/mol. The fourth-order valence-corrected chi connectivity index (χ4v) is 4.03. The van der Waals surface area contributed by atoms with Crippen molar-refractivity contribution in [2.24, 2.45) is 0 Å². The monoisotopic (exact) mass is 375 g/mol. The molecule has 132 valence electrons. The van der Waals surface area contributed by atoms with Gasteiger partial charge in [0.05, 0.1) is 35.9 Å². The van der Waals surface area contributed by atoms with Gasteiger partial charge in [-0.3, -0.25) is 0 Å². The maximum absolute atomic E-state index is 6.38. The molecule has 3 rings (SSSR count). The Kier molecular flexibility index (Phi) is 5.65. The van der Waals surface area contributed by atoms with Crippen LogP contribution < -0.4 is 5.73 Å². The number of unbranched alkanes of at least 4 members (excludes halogenated alkanes) is 2. The molecule has 0 spiro atoms. The summed E-state index contributed by atoms with van der Waals surface area (Å²) in [4.78, 5) is 11.1. The second-order valence-electron chi connectivity index (χ2n) is 5.70. The Morgan fingerprint density at radius 3 is 2.84 bits per heavy atom. The van der Waals surface area contributed by atoms with E-state index in [1.807, 2.05) is 13.0 Å². The van der Waals surface area contributed by atoms with Crippen LogP contribution in [0.15, 0.2) is 23.0 Å². The number of aromatic nitrogens is 2. The topological polar surface area (TPSA) is 74.2 Å². The van der Waals surface area contributed by atoms with Gasteiger partial charge in [0, 0.05) is 12.0 Å². The molecule has 0 unspecified atom stereocenters.